The number of benzene rings is 2. The zero-order valence-corrected chi connectivity index (χ0v) is 17.3. The molecule has 0 unspecified atom stereocenters. The van der Waals surface area contributed by atoms with Gasteiger partial charge in [0.1, 0.15) is 0 Å². The summed E-state index contributed by atoms with van der Waals surface area (Å²) < 4.78 is 6.51. The van der Waals surface area contributed by atoms with Gasteiger partial charge >= 0.3 is 0 Å². The fourth-order valence-electron chi connectivity index (χ4n) is 3.26. The van der Waals surface area contributed by atoms with E-state index in [1.165, 1.54) is 5.56 Å². The number of halogens is 1. The van der Waals surface area contributed by atoms with Gasteiger partial charge in [0.2, 0.25) is 0 Å². The van der Waals surface area contributed by atoms with Gasteiger partial charge in [-0.1, -0.05) is 35.1 Å². The Kier molecular flexibility index (Phi) is 5.92. The topological polar surface area (TPSA) is 45.7 Å². The molecule has 1 aromatic heterocycles. The maximum Gasteiger partial charge on any atom is 0.260 e. The van der Waals surface area contributed by atoms with Gasteiger partial charge < -0.3 is 4.74 Å². The minimum absolute atomic E-state index is 0.0773. The SMILES string of the molecule is Cc1ccc2nc(N(CCN3CCOCC3)C(=O)c3cccc(Cl)c3)sc2c1. The van der Waals surface area contributed by atoms with Crippen molar-refractivity contribution in [3.05, 3.63) is 58.6 Å². The molecule has 2 heterocycles. The third-order valence-corrected chi connectivity index (χ3v) is 6.10. The summed E-state index contributed by atoms with van der Waals surface area (Å²) in [5, 5.41) is 1.28. The number of anilines is 1. The smallest absolute Gasteiger partial charge is 0.260 e. The van der Waals surface area contributed by atoms with E-state index in [0.717, 1.165) is 48.2 Å². The molecule has 0 aliphatic carbocycles. The Morgan fingerprint density at radius 1 is 1.25 bits per heavy atom. The van der Waals surface area contributed by atoms with Crippen LogP contribution in [0.1, 0.15) is 15.9 Å². The van der Waals surface area contributed by atoms with E-state index in [9.17, 15) is 4.79 Å². The highest BCUT2D eigenvalue weighted by Gasteiger charge is 2.23. The zero-order valence-electron chi connectivity index (χ0n) is 15.7. The van der Waals surface area contributed by atoms with E-state index in [4.69, 9.17) is 21.3 Å². The highest BCUT2D eigenvalue weighted by molar-refractivity contribution is 7.22. The molecule has 28 heavy (non-hydrogen) atoms. The van der Waals surface area contributed by atoms with Gasteiger partial charge in [-0.25, -0.2) is 4.98 Å². The fourth-order valence-corrected chi connectivity index (χ4v) is 4.54. The molecule has 4 rings (SSSR count). The molecule has 0 spiro atoms. The van der Waals surface area contributed by atoms with E-state index in [-0.39, 0.29) is 5.91 Å². The second-order valence-corrected chi connectivity index (χ2v) is 8.33. The first-order valence-electron chi connectivity index (χ1n) is 9.35. The number of rotatable bonds is 5. The quantitative estimate of drug-likeness (QED) is 0.625. The van der Waals surface area contributed by atoms with Crippen LogP contribution in [0.2, 0.25) is 5.02 Å². The normalized spacial score (nSPS) is 15.1. The van der Waals surface area contributed by atoms with Gasteiger partial charge in [-0.3, -0.25) is 14.6 Å². The lowest BCUT2D eigenvalue weighted by atomic mass is 10.2. The molecule has 1 amide bonds. The number of aromatic nitrogens is 1. The van der Waals surface area contributed by atoms with Crippen molar-refractivity contribution in [2.75, 3.05) is 44.3 Å². The molecule has 2 aromatic carbocycles. The summed E-state index contributed by atoms with van der Waals surface area (Å²) in [4.78, 5) is 22.1. The van der Waals surface area contributed by atoms with Crippen LogP contribution in [0.25, 0.3) is 10.2 Å². The van der Waals surface area contributed by atoms with E-state index in [1.54, 1.807) is 40.5 Å². The largest absolute Gasteiger partial charge is 0.379 e. The van der Waals surface area contributed by atoms with E-state index < -0.39 is 0 Å². The molecular formula is C21H22ClN3O2S. The fraction of sp³-hybridized carbons (Fsp3) is 0.333. The predicted molar refractivity (Wildman–Crippen MR) is 115 cm³/mol. The second kappa shape index (κ2) is 8.57. The van der Waals surface area contributed by atoms with Gasteiger partial charge in [0.15, 0.2) is 5.13 Å². The molecule has 7 heteroatoms. The van der Waals surface area contributed by atoms with Crippen molar-refractivity contribution in [2.24, 2.45) is 0 Å². The van der Waals surface area contributed by atoms with Crippen molar-refractivity contribution in [3.8, 4) is 0 Å². The number of thiazole rings is 1. The van der Waals surface area contributed by atoms with E-state index in [2.05, 4.69) is 17.9 Å². The number of carbonyl (C=O) groups is 1. The summed E-state index contributed by atoms with van der Waals surface area (Å²) in [6.45, 7) is 6.67. The number of morpholine rings is 1. The van der Waals surface area contributed by atoms with E-state index in [0.29, 0.717) is 17.1 Å². The minimum Gasteiger partial charge on any atom is -0.379 e. The number of amides is 1. The van der Waals surface area contributed by atoms with Crippen LogP contribution >= 0.6 is 22.9 Å². The lowest BCUT2D eigenvalue weighted by molar-refractivity contribution is 0.0391. The molecule has 0 radical (unpaired) electrons. The first kappa shape index (κ1) is 19.3. The monoisotopic (exact) mass is 415 g/mol. The Balaban J connectivity index is 1.63. The Labute approximate surface area is 173 Å². The van der Waals surface area contributed by atoms with Crippen LogP contribution < -0.4 is 4.90 Å². The average molecular weight is 416 g/mol. The van der Waals surface area contributed by atoms with Gasteiger partial charge in [0, 0.05) is 36.8 Å². The van der Waals surface area contributed by atoms with Crippen LogP contribution in [-0.4, -0.2) is 55.2 Å². The molecule has 0 saturated carbocycles. The van der Waals surface area contributed by atoms with Crippen LogP contribution in [0.4, 0.5) is 5.13 Å². The van der Waals surface area contributed by atoms with Crippen molar-refractivity contribution in [3.63, 3.8) is 0 Å². The Hall–Kier alpha value is -1.99. The molecule has 146 valence electrons. The summed E-state index contributed by atoms with van der Waals surface area (Å²) in [6, 6.07) is 13.3. The minimum atomic E-state index is -0.0773. The molecule has 0 N–H and O–H groups in total. The number of aryl methyl sites for hydroxylation is 1. The highest BCUT2D eigenvalue weighted by Crippen LogP contribution is 2.30. The lowest BCUT2D eigenvalue weighted by Crippen LogP contribution is -2.43. The third kappa shape index (κ3) is 4.36. The maximum absolute atomic E-state index is 13.3. The predicted octanol–water partition coefficient (Wildman–Crippen LogP) is 4.24. The molecule has 1 aliphatic heterocycles. The molecule has 1 fully saturated rings. The van der Waals surface area contributed by atoms with Crippen LogP contribution in [-0.2, 0) is 4.74 Å². The number of fused-ring (bicyclic) bond motifs is 1. The van der Waals surface area contributed by atoms with Crippen LogP contribution in [0.3, 0.4) is 0 Å². The van der Waals surface area contributed by atoms with Gasteiger partial charge in [-0.15, -0.1) is 0 Å². The Bertz CT molecular complexity index is 985. The van der Waals surface area contributed by atoms with Crippen molar-refractivity contribution in [2.45, 2.75) is 6.92 Å². The number of nitrogens with zero attached hydrogens (tertiary/aromatic N) is 3. The van der Waals surface area contributed by atoms with Gasteiger partial charge in [0.25, 0.3) is 5.91 Å². The van der Waals surface area contributed by atoms with Crippen molar-refractivity contribution < 1.29 is 9.53 Å². The van der Waals surface area contributed by atoms with Gasteiger partial charge in [-0.2, -0.15) is 0 Å². The molecular weight excluding hydrogens is 394 g/mol. The Morgan fingerprint density at radius 3 is 2.86 bits per heavy atom. The summed E-state index contributed by atoms with van der Waals surface area (Å²) in [6.07, 6.45) is 0. The summed E-state index contributed by atoms with van der Waals surface area (Å²) in [5.74, 6) is -0.0773. The van der Waals surface area contributed by atoms with Crippen molar-refractivity contribution in [1.29, 1.82) is 0 Å². The average Bonchev–Trinajstić information content (AvgIpc) is 3.11. The molecule has 0 bridgehead atoms. The van der Waals surface area contributed by atoms with Crippen molar-refractivity contribution in [1.82, 2.24) is 9.88 Å². The van der Waals surface area contributed by atoms with Gasteiger partial charge in [0.05, 0.1) is 23.4 Å². The first-order valence-corrected chi connectivity index (χ1v) is 10.5. The van der Waals surface area contributed by atoms with Gasteiger partial charge in [-0.05, 0) is 42.8 Å². The molecule has 5 nitrogen and oxygen atoms in total. The zero-order chi connectivity index (χ0) is 19.5. The molecule has 1 saturated heterocycles. The summed E-state index contributed by atoms with van der Waals surface area (Å²) in [7, 11) is 0. The molecule has 1 aliphatic rings. The van der Waals surface area contributed by atoms with Crippen LogP contribution in [0.5, 0.6) is 0 Å². The molecule has 0 atom stereocenters. The summed E-state index contributed by atoms with van der Waals surface area (Å²) in [5.41, 5.74) is 2.68. The number of hydrogen-bond acceptors (Lipinski definition) is 5. The maximum atomic E-state index is 13.3. The lowest BCUT2D eigenvalue weighted by Gasteiger charge is -2.29. The second-order valence-electron chi connectivity index (χ2n) is 6.89. The van der Waals surface area contributed by atoms with Crippen LogP contribution in [0.15, 0.2) is 42.5 Å². The van der Waals surface area contributed by atoms with E-state index in [1.807, 2.05) is 12.1 Å². The number of carbonyl (C=O) groups excluding carboxylic acids is 1. The first-order chi connectivity index (χ1) is 13.6. The summed E-state index contributed by atoms with van der Waals surface area (Å²) >= 11 is 7.67. The number of ether oxygens (including phenoxy) is 1. The number of hydrogen-bond donors (Lipinski definition) is 0. The standard InChI is InChI=1S/C21H22ClN3O2S/c1-15-5-6-18-19(13-15)28-21(23-18)25(8-7-24-9-11-27-12-10-24)20(26)16-3-2-4-17(22)14-16/h2-6,13-14H,7-12H2,1H3. The Morgan fingerprint density at radius 2 is 2.07 bits per heavy atom. The highest BCUT2D eigenvalue weighted by atomic mass is 35.5. The molecule has 3 aromatic rings. The third-order valence-electron chi connectivity index (χ3n) is 4.82. The van der Waals surface area contributed by atoms with E-state index >= 15 is 0 Å². The van der Waals surface area contributed by atoms with Crippen LogP contribution in [0, 0.1) is 6.92 Å². The van der Waals surface area contributed by atoms with Crippen molar-refractivity contribution >= 4 is 44.2 Å².